The summed E-state index contributed by atoms with van der Waals surface area (Å²) in [6.45, 7) is 0. The van der Waals surface area contributed by atoms with Crippen molar-refractivity contribution in [3.8, 4) is 0 Å². The van der Waals surface area contributed by atoms with Crippen molar-refractivity contribution in [1.82, 2.24) is 4.90 Å². The second-order valence-corrected chi connectivity index (χ2v) is 2.74. The maximum Gasteiger partial charge on any atom is 0.209 e. The summed E-state index contributed by atoms with van der Waals surface area (Å²) < 4.78 is 0. The van der Waals surface area contributed by atoms with Crippen LogP contribution in [0, 0.1) is 0 Å². The minimum atomic E-state index is 0.749. The molecule has 0 unspecified atom stereocenters. The molecular weight excluding hydrogens is 166 g/mol. The van der Waals surface area contributed by atoms with Crippen LogP contribution in [0.4, 0.5) is 11.4 Å². The number of rotatable bonds is 1. The average molecular weight is 181 g/mol. The van der Waals surface area contributed by atoms with Crippen LogP contribution in [0.2, 0.25) is 0 Å². The Bertz CT molecular complexity index is 223. The minimum Gasteiger partial charge on any atom is -0.399 e. The predicted octanol–water partition coefficient (Wildman–Crippen LogP) is 0.555. The molecule has 0 aliphatic heterocycles. The molecule has 0 fully saturated rings. The number of hydrogen-bond acceptors (Lipinski definition) is 3. The van der Waals surface area contributed by atoms with Crippen LogP contribution in [0.15, 0.2) is 24.3 Å². The molecule has 0 bridgehead atoms. The van der Waals surface area contributed by atoms with Gasteiger partial charge < -0.3 is 16.4 Å². The van der Waals surface area contributed by atoms with Gasteiger partial charge in [0.25, 0.3) is 0 Å². The highest BCUT2D eigenvalue weighted by Gasteiger charge is 1.80. The summed E-state index contributed by atoms with van der Waals surface area (Å²) in [4.78, 5) is 10.9. The van der Waals surface area contributed by atoms with E-state index < -0.39 is 0 Å². The van der Waals surface area contributed by atoms with Crippen molar-refractivity contribution in [3.05, 3.63) is 24.3 Å². The first-order chi connectivity index (χ1) is 6.06. The molecule has 0 aromatic heterocycles. The maximum atomic E-state index is 9.43. The number of amides is 1. The van der Waals surface area contributed by atoms with Crippen LogP contribution >= 0.6 is 0 Å². The van der Waals surface area contributed by atoms with E-state index in [9.17, 15) is 4.79 Å². The molecule has 1 aromatic rings. The first-order valence-corrected chi connectivity index (χ1v) is 3.79. The molecule has 0 atom stereocenters. The highest BCUT2D eigenvalue weighted by atomic mass is 16.1. The first-order valence-electron chi connectivity index (χ1n) is 3.79. The van der Waals surface area contributed by atoms with Crippen molar-refractivity contribution in [2.75, 3.05) is 25.6 Å². The Hall–Kier alpha value is -1.71. The molecular formula is C9H15N3O. The van der Waals surface area contributed by atoms with Gasteiger partial charge in [0.1, 0.15) is 0 Å². The fraction of sp³-hybridized carbons (Fsp3) is 0.222. The van der Waals surface area contributed by atoms with Gasteiger partial charge in [0.2, 0.25) is 6.41 Å². The molecule has 13 heavy (non-hydrogen) atoms. The van der Waals surface area contributed by atoms with Crippen molar-refractivity contribution in [1.29, 1.82) is 0 Å². The van der Waals surface area contributed by atoms with E-state index in [2.05, 4.69) is 0 Å². The summed E-state index contributed by atoms with van der Waals surface area (Å²) in [6, 6.07) is 7.09. The summed E-state index contributed by atoms with van der Waals surface area (Å²) in [6.07, 6.45) is 0.750. The minimum absolute atomic E-state index is 0.749. The van der Waals surface area contributed by atoms with E-state index in [0.717, 1.165) is 17.8 Å². The van der Waals surface area contributed by atoms with Crippen LogP contribution in [0.25, 0.3) is 0 Å². The third kappa shape index (κ3) is 6.68. The number of carbonyl (C=O) groups is 1. The molecule has 0 aliphatic rings. The number of carbonyl (C=O) groups excluding carboxylic acids is 1. The summed E-state index contributed by atoms with van der Waals surface area (Å²) in [5.74, 6) is 0. The second kappa shape index (κ2) is 5.88. The number of benzene rings is 1. The van der Waals surface area contributed by atoms with E-state index in [1.807, 2.05) is 0 Å². The second-order valence-electron chi connectivity index (χ2n) is 2.74. The fourth-order valence-corrected chi connectivity index (χ4v) is 0.496. The average Bonchev–Trinajstić information content (AvgIpc) is 2.11. The standard InChI is InChI=1S/C6H8N2.C3H7NO/c7-5-1-2-6(8)4-3-5;1-4(2)3-5/h1-4H,7-8H2;3H,1-2H3. The van der Waals surface area contributed by atoms with Crippen molar-refractivity contribution >= 4 is 17.8 Å². The van der Waals surface area contributed by atoms with Crippen LogP contribution in [-0.2, 0) is 4.79 Å². The van der Waals surface area contributed by atoms with Crippen molar-refractivity contribution < 1.29 is 4.79 Å². The van der Waals surface area contributed by atoms with Gasteiger partial charge in [-0.05, 0) is 24.3 Å². The molecule has 4 N–H and O–H groups in total. The SMILES string of the molecule is CN(C)C=O.Nc1ccc(N)cc1. The van der Waals surface area contributed by atoms with Gasteiger partial charge in [0, 0.05) is 25.5 Å². The lowest BCUT2D eigenvalue weighted by atomic mass is 10.3. The Morgan fingerprint density at radius 2 is 1.31 bits per heavy atom. The Kier molecular flexibility index (Phi) is 5.11. The molecule has 0 spiro atoms. The van der Waals surface area contributed by atoms with Crippen molar-refractivity contribution in [2.24, 2.45) is 0 Å². The fourth-order valence-electron chi connectivity index (χ4n) is 0.496. The van der Waals surface area contributed by atoms with Crippen LogP contribution in [0.3, 0.4) is 0 Å². The first kappa shape index (κ1) is 11.3. The largest absolute Gasteiger partial charge is 0.399 e. The van der Waals surface area contributed by atoms with Gasteiger partial charge in [-0.25, -0.2) is 0 Å². The van der Waals surface area contributed by atoms with Gasteiger partial charge in [0.05, 0.1) is 0 Å². The Labute approximate surface area is 78.1 Å². The summed E-state index contributed by atoms with van der Waals surface area (Å²) >= 11 is 0. The Morgan fingerprint density at radius 3 is 1.46 bits per heavy atom. The van der Waals surface area contributed by atoms with Crippen LogP contribution in [0.1, 0.15) is 0 Å². The predicted molar refractivity (Wildman–Crippen MR) is 55.0 cm³/mol. The quantitative estimate of drug-likeness (QED) is 0.491. The Morgan fingerprint density at radius 1 is 1.08 bits per heavy atom. The lowest BCUT2D eigenvalue weighted by Crippen LogP contribution is -2.06. The monoisotopic (exact) mass is 181 g/mol. The van der Waals surface area contributed by atoms with Gasteiger partial charge >= 0.3 is 0 Å². The molecule has 1 aromatic carbocycles. The lowest BCUT2D eigenvalue weighted by molar-refractivity contribution is -0.115. The molecule has 0 radical (unpaired) electrons. The topological polar surface area (TPSA) is 72.3 Å². The molecule has 0 saturated heterocycles. The highest BCUT2D eigenvalue weighted by molar-refractivity contribution is 5.47. The normalized spacial score (nSPS) is 8.15. The molecule has 72 valence electrons. The zero-order valence-corrected chi connectivity index (χ0v) is 7.90. The number of nitrogens with two attached hydrogens (primary N) is 2. The summed E-state index contributed by atoms with van der Waals surface area (Å²) in [5, 5.41) is 0. The van der Waals surface area contributed by atoms with E-state index in [1.165, 1.54) is 4.90 Å². The van der Waals surface area contributed by atoms with Crippen molar-refractivity contribution in [2.45, 2.75) is 0 Å². The number of hydrogen-bond donors (Lipinski definition) is 2. The zero-order chi connectivity index (χ0) is 10.3. The Balaban J connectivity index is 0.000000252. The number of nitrogens with zero attached hydrogens (tertiary/aromatic N) is 1. The molecule has 0 saturated carbocycles. The van der Waals surface area contributed by atoms with E-state index in [0.29, 0.717) is 0 Å². The summed E-state index contributed by atoms with van der Waals surface area (Å²) in [7, 11) is 3.38. The van der Waals surface area contributed by atoms with E-state index >= 15 is 0 Å². The molecule has 0 aliphatic carbocycles. The molecule has 4 nitrogen and oxygen atoms in total. The van der Waals surface area contributed by atoms with Crippen molar-refractivity contribution in [3.63, 3.8) is 0 Å². The van der Waals surface area contributed by atoms with Gasteiger partial charge in [-0.3, -0.25) is 4.79 Å². The van der Waals surface area contributed by atoms with Gasteiger partial charge in [-0.2, -0.15) is 0 Å². The smallest absolute Gasteiger partial charge is 0.209 e. The maximum absolute atomic E-state index is 9.43. The highest BCUT2D eigenvalue weighted by Crippen LogP contribution is 2.04. The lowest BCUT2D eigenvalue weighted by Gasteiger charge is -1.93. The van der Waals surface area contributed by atoms with Crippen LogP contribution in [0.5, 0.6) is 0 Å². The zero-order valence-electron chi connectivity index (χ0n) is 7.90. The van der Waals surface area contributed by atoms with E-state index in [4.69, 9.17) is 11.5 Å². The van der Waals surface area contributed by atoms with Gasteiger partial charge in [-0.15, -0.1) is 0 Å². The molecule has 1 amide bonds. The van der Waals surface area contributed by atoms with E-state index in [1.54, 1.807) is 38.4 Å². The van der Waals surface area contributed by atoms with Gasteiger partial charge in [0.15, 0.2) is 0 Å². The molecule has 1 rings (SSSR count). The van der Waals surface area contributed by atoms with Crippen LogP contribution < -0.4 is 11.5 Å². The van der Waals surface area contributed by atoms with Crippen LogP contribution in [-0.4, -0.2) is 25.4 Å². The third-order valence-electron chi connectivity index (χ3n) is 1.15. The number of anilines is 2. The number of nitrogen functional groups attached to an aromatic ring is 2. The summed E-state index contributed by atoms with van der Waals surface area (Å²) in [5.41, 5.74) is 12.2. The third-order valence-corrected chi connectivity index (χ3v) is 1.15. The van der Waals surface area contributed by atoms with Gasteiger partial charge in [-0.1, -0.05) is 0 Å². The van der Waals surface area contributed by atoms with E-state index in [-0.39, 0.29) is 0 Å². The molecule has 4 heteroatoms. The molecule has 0 heterocycles.